The third kappa shape index (κ3) is 3.77. The summed E-state index contributed by atoms with van der Waals surface area (Å²) in [6, 6.07) is 6.27. The quantitative estimate of drug-likeness (QED) is 0.643. The number of benzene rings is 1. The van der Waals surface area contributed by atoms with Gasteiger partial charge in [-0.3, -0.25) is 0 Å². The van der Waals surface area contributed by atoms with Gasteiger partial charge in [0.05, 0.1) is 6.54 Å². The van der Waals surface area contributed by atoms with E-state index in [0.717, 1.165) is 29.6 Å². The minimum Gasteiger partial charge on any atom is -0.454 e. The summed E-state index contributed by atoms with van der Waals surface area (Å²) in [5, 5.41) is 6.51. The van der Waals surface area contributed by atoms with Crippen molar-refractivity contribution in [3.05, 3.63) is 23.8 Å². The second-order valence-corrected chi connectivity index (χ2v) is 4.68. The molecule has 0 saturated carbocycles. The van der Waals surface area contributed by atoms with E-state index in [1.807, 2.05) is 18.2 Å². The van der Waals surface area contributed by atoms with Gasteiger partial charge in [0.25, 0.3) is 0 Å². The molecule has 1 aliphatic rings. The molecule has 2 N–H and O–H groups in total. The highest BCUT2D eigenvalue weighted by molar-refractivity contribution is 5.80. The number of hydrogen-bond donors (Lipinski definition) is 2. The molecule has 1 heterocycles. The second kappa shape index (κ2) is 6.31. The number of hydrogen-bond acceptors (Lipinski definition) is 3. The molecule has 5 heteroatoms. The van der Waals surface area contributed by atoms with E-state index in [2.05, 4.69) is 36.4 Å². The van der Waals surface area contributed by atoms with E-state index in [9.17, 15) is 0 Å². The van der Waals surface area contributed by atoms with E-state index >= 15 is 0 Å². The van der Waals surface area contributed by atoms with Crippen molar-refractivity contribution in [2.75, 3.05) is 13.3 Å². The van der Waals surface area contributed by atoms with Crippen molar-refractivity contribution in [1.29, 1.82) is 0 Å². The minimum absolute atomic E-state index is 0.305. The molecular formula is C14H21N3O2. The van der Waals surface area contributed by atoms with Crippen molar-refractivity contribution in [3.8, 4) is 11.5 Å². The van der Waals surface area contributed by atoms with Gasteiger partial charge in [-0.25, -0.2) is 4.99 Å². The van der Waals surface area contributed by atoms with Gasteiger partial charge in [-0.2, -0.15) is 0 Å². The van der Waals surface area contributed by atoms with E-state index in [-0.39, 0.29) is 0 Å². The van der Waals surface area contributed by atoms with Gasteiger partial charge in [-0.05, 0) is 38.5 Å². The summed E-state index contributed by atoms with van der Waals surface area (Å²) in [6.45, 7) is 8.00. The van der Waals surface area contributed by atoms with Gasteiger partial charge in [0.2, 0.25) is 6.79 Å². The highest BCUT2D eigenvalue weighted by Crippen LogP contribution is 2.32. The van der Waals surface area contributed by atoms with Crippen LogP contribution in [0.2, 0.25) is 0 Å². The molecule has 0 radical (unpaired) electrons. The number of aliphatic imine (C=N–C) groups is 1. The van der Waals surface area contributed by atoms with Crippen molar-refractivity contribution in [2.45, 2.75) is 33.4 Å². The molecule has 19 heavy (non-hydrogen) atoms. The van der Waals surface area contributed by atoms with Crippen LogP contribution >= 0.6 is 0 Å². The number of nitrogens with zero attached hydrogens (tertiary/aromatic N) is 1. The van der Waals surface area contributed by atoms with Crippen LogP contribution in [0.5, 0.6) is 11.5 Å². The molecule has 0 saturated heterocycles. The summed E-state index contributed by atoms with van der Waals surface area (Å²) in [5.74, 6) is 2.43. The van der Waals surface area contributed by atoms with Crippen molar-refractivity contribution in [3.63, 3.8) is 0 Å². The molecule has 0 atom stereocenters. The van der Waals surface area contributed by atoms with E-state index in [4.69, 9.17) is 9.47 Å². The summed E-state index contributed by atoms with van der Waals surface area (Å²) < 4.78 is 10.6. The van der Waals surface area contributed by atoms with Crippen LogP contribution in [0.15, 0.2) is 23.2 Å². The Morgan fingerprint density at radius 3 is 2.84 bits per heavy atom. The first-order valence-corrected chi connectivity index (χ1v) is 6.62. The SMILES string of the molecule is CCNC(=NCc1ccc2c(c1)OCO2)NC(C)C. The van der Waals surface area contributed by atoms with Crippen LogP contribution in [-0.4, -0.2) is 25.3 Å². The second-order valence-electron chi connectivity index (χ2n) is 4.68. The van der Waals surface area contributed by atoms with Crippen molar-refractivity contribution >= 4 is 5.96 Å². The zero-order valence-electron chi connectivity index (χ0n) is 11.7. The van der Waals surface area contributed by atoms with Gasteiger partial charge < -0.3 is 20.1 Å². The van der Waals surface area contributed by atoms with Crippen LogP contribution in [0.4, 0.5) is 0 Å². The van der Waals surface area contributed by atoms with Gasteiger partial charge >= 0.3 is 0 Å². The zero-order valence-corrected chi connectivity index (χ0v) is 11.7. The lowest BCUT2D eigenvalue weighted by Gasteiger charge is -2.13. The van der Waals surface area contributed by atoms with E-state index < -0.39 is 0 Å². The Morgan fingerprint density at radius 1 is 1.32 bits per heavy atom. The summed E-state index contributed by atoms with van der Waals surface area (Å²) in [6.07, 6.45) is 0. The molecule has 0 fully saturated rings. The normalized spacial score (nSPS) is 13.8. The number of fused-ring (bicyclic) bond motifs is 1. The van der Waals surface area contributed by atoms with Crippen molar-refractivity contribution in [2.24, 2.45) is 4.99 Å². The average molecular weight is 263 g/mol. The van der Waals surface area contributed by atoms with Crippen molar-refractivity contribution < 1.29 is 9.47 Å². The predicted octanol–water partition coefficient (Wildman–Crippen LogP) is 1.88. The smallest absolute Gasteiger partial charge is 0.231 e. The number of nitrogens with one attached hydrogen (secondary N) is 2. The van der Waals surface area contributed by atoms with Gasteiger partial charge in [0.1, 0.15) is 0 Å². The van der Waals surface area contributed by atoms with Gasteiger partial charge in [-0.15, -0.1) is 0 Å². The van der Waals surface area contributed by atoms with E-state index in [1.165, 1.54) is 0 Å². The number of ether oxygens (including phenoxy) is 2. The highest BCUT2D eigenvalue weighted by Gasteiger charge is 2.12. The molecule has 0 spiro atoms. The third-order valence-corrected chi connectivity index (χ3v) is 2.63. The van der Waals surface area contributed by atoms with Crippen LogP contribution in [-0.2, 0) is 6.54 Å². The monoisotopic (exact) mass is 263 g/mol. The Balaban J connectivity index is 2.02. The third-order valence-electron chi connectivity index (χ3n) is 2.63. The fraction of sp³-hybridized carbons (Fsp3) is 0.500. The van der Waals surface area contributed by atoms with Crippen LogP contribution in [0, 0.1) is 0 Å². The molecule has 2 rings (SSSR count). The fourth-order valence-electron chi connectivity index (χ4n) is 1.80. The zero-order chi connectivity index (χ0) is 13.7. The molecule has 0 bridgehead atoms. The molecule has 5 nitrogen and oxygen atoms in total. The lowest BCUT2D eigenvalue weighted by molar-refractivity contribution is 0.174. The van der Waals surface area contributed by atoms with Crippen LogP contribution in [0.1, 0.15) is 26.3 Å². The molecule has 1 aromatic rings. The van der Waals surface area contributed by atoms with E-state index in [1.54, 1.807) is 0 Å². The fourth-order valence-corrected chi connectivity index (χ4v) is 1.80. The van der Waals surface area contributed by atoms with Crippen molar-refractivity contribution in [1.82, 2.24) is 10.6 Å². The largest absolute Gasteiger partial charge is 0.454 e. The Bertz CT molecular complexity index is 458. The summed E-state index contributed by atoms with van der Waals surface area (Å²) in [5.41, 5.74) is 1.10. The molecular weight excluding hydrogens is 242 g/mol. The maximum Gasteiger partial charge on any atom is 0.231 e. The maximum atomic E-state index is 5.36. The molecule has 0 amide bonds. The molecule has 1 aromatic carbocycles. The number of rotatable bonds is 4. The van der Waals surface area contributed by atoms with Gasteiger partial charge in [0.15, 0.2) is 17.5 Å². The Labute approximate surface area is 114 Å². The molecule has 0 aromatic heterocycles. The van der Waals surface area contributed by atoms with Crippen LogP contribution < -0.4 is 20.1 Å². The summed E-state index contributed by atoms with van der Waals surface area (Å²) >= 11 is 0. The summed E-state index contributed by atoms with van der Waals surface area (Å²) in [4.78, 5) is 4.55. The van der Waals surface area contributed by atoms with Gasteiger partial charge in [0, 0.05) is 12.6 Å². The lowest BCUT2D eigenvalue weighted by Crippen LogP contribution is -2.40. The van der Waals surface area contributed by atoms with E-state index in [0.29, 0.717) is 19.4 Å². The Hall–Kier alpha value is -1.91. The first-order valence-electron chi connectivity index (χ1n) is 6.62. The van der Waals surface area contributed by atoms with Gasteiger partial charge in [-0.1, -0.05) is 6.07 Å². The standard InChI is InChI=1S/C14H21N3O2/c1-4-15-14(17-10(2)3)16-8-11-5-6-12-13(7-11)19-9-18-12/h5-7,10H,4,8-9H2,1-3H3,(H2,15,16,17). The molecule has 0 unspecified atom stereocenters. The summed E-state index contributed by atoms with van der Waals surface area (Å²) in [7, 11) is 0. The minimum atomic E-state index is 0.305. The van der Waals surface area contributed by atoms with Crippen LogP contribution in [0.3, 0.4) is 0 Å². The molecule has 1 aliphatic heterocycles. The highest BCUT2D eigenvalue weighted by atomic mass is 16.7. The Kier molecular flexibility index (Phi) is 4.49. The molecule has 104 valence electrons. The maximum absolute atomic E-state index is 5.36. The topological polar surface area (TPSA) is 54.9 Å². The van der Waals surface area contributed by atoms with Crippen LogP contribution in [0.25, 0.3) is 0 Å². The average Bonchev–Trinajstić information content (AvgIpc) is 2.83. The molecule has 0 aliphatic carbocycles. The predicted molar refractivity (Wildman–Crippen MR) is 75.7 cm³/mol. The first-order chi connectivity index (χ1) is 9.19. The lowest BCUT2D eigenvalue weighted by atomic mass is 10.2. The Morgan fingerprint density at radius 2 is 2.11 bits per heavy atom. The number of guanidine groups is 1. The first kappa shape index (κ1) is 13.5.